The average Bonchev–Trinajstić information content (AvgIpc) is 2.41. The highest BCUT2D eigenvalue weighted by Gasteiger charge is 2.26. The normalized spacial score (nSPS) is 24.6. The Morgan fingerprint density at radius 2 is 2.21 bits per heavy atom. The fourth-order valence-electron chi connectivity index (χ4n) is 3.12. The summed E-state index contributed by atoms with van der Waals surface area (Å²) in [4.78, 5) is 2.50. The summed E-state index contributed by atoms with van der Waals surface area (Å²) in [6.07, 6.45) is 2.42. The van der Waals surface area contributed by atoms with E-state index in [2.05, 4.69) is 24.2 Å². The summed E-state index contributed by atoms with van der Waals surface area (Å²) in [5, 5.41) is 3.43. The Labute approximate surface area is 116 Å². The molecule has 0 aromatic heterocycles. The molecule has 1 aliphatic heterocycles. The lowest BCUT2D eigenvalue weighted by molar-refractivity contribution is 0.132. The molecule has 0 bridgehead atoms. The molecule has 1 aromatic carbocycles. The van der Waals surface area contributed by atoms with E-state index in [-0.39, 0.29) is 5.82 Å². The van der Waals surface area contributed by atoms with Gasteiger partial charge in [0.05, 0.1) is 0 Å². The van der Waals surface area contributed by atoms with E-state index in [9.17, 15) is 4.39 Å². The number of aryl methyl sites for hydroxylation is 1. The second-order valence-corrected chi connectivity index (χ2v) is 5.66. The number of hydrogen-bond donors (Lipinski definition) is 1. The molecule has 2 rings (SSSR count). The standard InChI is InChI=1S/C16H25FN2/c1-4-13-10-19(8-7-16(13)18-3)11-14-5-6-15(17)9-12(14)2/h5-6,9,13,16,18H,4,7-8,10-11H2,1-3H3. The van der Waals surface area contributed by atoms with Crippen molar-refractivity contribution in [2.45, 2.75) is 39.3 Å². The second-order valence-electron chi connectivity index (χ2n) is 5.66. The first-order chi connectivity index (χ1) is 9.13. The van der Waals surface area contributed by atoms with Crippen LogP contribution in [0, 0.1) is 18.7 Å². The van der Waals surface area contributed by atoms with Gasteiger partial charge in [-0.15, -0.1) is 0 Å². The van der Waals surface area contributed by atoms with Crippen LogP contribution in [0.3, 0.4) is 0 Å². The lowest BCUT2D eigenvalue weighted by Crippen LogP contribution is -2.47. The first-order valence-electron chi connectivity index (χ1n) is 7.28. The van der Waals surface area contributed by atoms with Crippen molar-refractivity contribution in [3.63, 3.8) is 0 Å². The van der Waals surface area contributed by atoms with Gasteiger partial charge in [0.25, 0.3) is 0 Å². The molecule has 0 radical (unpaired) electrons. The summed E-state index contributed by atoms with van der Waals surface area (Å²) in [5.41, 5.74) is 2.31. The Hall–Kier alpha value is -0.930. The smallest absolute Gasteiger partial charge is 0.123 e. The Morgan fingerprint density at radius 1 is 1.42 bits per heavy atom. The van der Waals surface area contributed by atoms with Crippen molar-refractivity contribution in [3.8, 4) is 0 Å². The maximum atomic E-state index is 13.1. The first-order valence-corrected chi connectivity index (χ1v) is 7.28. The van der Waals surface area contributed by atoms with E-state index in [1.807, 2.05) is 13.0 Å². The molecule has 1 N–H and O–H groups in total. The summed E-state index contributed by atoms with van der Waals surface area (Å²) in [6.45, 7) is 7.47. The van der Waals surface area contributed by atoms with Crippen LogP contribution in [-0.2, 0) is 6.54 Å². The maximum absolute atomic E-state index is 13.1. The summed E-state index contributed by atoms with van der Waals surface area (Å²) < 4.78 is 13.1. The van der Waals surface area contributed by atoms with Gasteiger partial charge in [0.1, 0.15) is 5.82 Å². The van der Waals surface area contributed by atoms with E-state index >= 15 is 0 Å². The van der Waals surface area contributed by atoms with Gasteiger partial charge >= 0.3 is 0 Å². The maximum Gasteiger partial charge on any atom is 0.123 e. The van der Waals surface area contributed by atoms with Gasteiger partial charge in [-0.3, -0.25) is 4.90 Å². The molecule has 19 heavy (non-hydrogen) atoms. The van der Waals surface area contributed by atoms with Gasteiger partial charge in [-0.1, -0.05) is 19.4 Å². The molecule has 1 fully saturated rings. The van der Waals surface area contributed by atoms with Gasteiger partial charge in [0.15, 0.2) is 0 Å². The lowest BCUT2D eigenvalue weighted by Gasteiger charge is -2.38. The Morgan fingerprint density at radius 3 is 2.84 bits per heavy atom. The topological polar surface area (TPSA) is 15.3 Å². The largest absolute Gasteiger partial charge is 0.317 e. The molecule has 0 aliphatic carbocycles. The number of hydrogen-bond acceptors (Lipinski definition) is 2. The molecular weight excluding hydrogens is 239 g/mol. The first kappa shape index (κ1) is 14.5. The van der Waals surface area contributed by atoms with E-state index in [0.29, 0.717) is 6.04 Å². The van der Waals surface area contributed by atoms with E-state index in [1.165, 1.54) is 18.4 Å². The van der Waals surface area contributed by atoms with Gasteiger partial charge in [-0.25, -0.2) is 4.39 Å². The van der Waals surface area contributed by atoms with Gasteiger partial charge < -0.3 is 5.32 Å². The number of benzene rings is 1. The number of likely N-dealkylation sites (tertiary alicyclic amines) is 1. The number of nitrogens with zero attached hydrogens (tertiary/aromatic N) is 1. The number of rotatable bonds is 4. The predicted octanol–water partition coefficient (Wildman–Crippen LogP) is 2.95. The van der Waals surface area contributed by atoms with Gasteiger partial charge in [0, 0.05) is 19.1 Å². The molecular formula is C16H25FN2. The quantitative estimate of drug-likeness (QED) is 0.899. The van der Waals surface area contributed by atoms with Crippen LogP contribution in [-0.4, -0.2) is 31.1 Å². The van der Waals surface area contributed by atoms with Crippen molar-refractivity contribution >= 4 is 0 Å². The molecule has 0 saturated carbocycles. The van der Waals surface area contributed by atoms with Crippen LogP contribution in [0.25, 0.3) is 0 Å². The lowest BCUT2D eigenvalue weighted by atomic mass is 9.89. The minimum absolute atomic E-state index is 0.137. The SMILES string of the molecule is CCC1CN(Cc2ccc(F)cc2C)CCC1NC. The Balaban J connectivity index is 2.00. The molecule has 1 aliphatic rings. The fourth-order valence-corrected chi connectivity index (χ4v) is 3.12. The third kappa shape index (κ3) is 3.54. The molecule has 3 heteroatoms. The molecule has 1 aromatic rings. The molecule has 2 nitrogen and oxygen atoms in total. The third-order valence-electron chi connectivity index (χ3n) is 4.41. The zero-order valence-electron chi connectivity index (χ0n) is 12.2. The van der Waals surface area contributed by atoms with E-state index in [0.717, 1.165) is 31.1 Å². The zero-order valence-corrected chi connectivity index (χ0v) is 12.2. The van der Waals surface area contributed by atoms with Gasteiger partial charge in [-0.2, -0.15) is 0 Å². The second kappa shape index (κ2) is 6.49. The highest BCUT2D eigenvalue weighted by Crippen LogP contribution is 2.22. The van der Waals surface area contributed by atoms with Crippen molar-refractivity contribution < 1.29 is 4.39 Å². The molecule has 106 valence electrons. The Bertz CT molecular complexity index is 419. The summed E-state index contributed by atoms with van der Waals surface area (Å²) >= 11 is 0. The highest BCUT2D eigenvalue weighted by molar-refractivity contribution is 5.26. The van der Waals surface area contributed by atoms with Crippen LogP contribution in [0.4, 0.5) is 4.39 Å². The van der Waals surface area contributed by atoms with Crippen LogP contribution in [0.1, 0.15) is 30.9 Å². The molecule has 2 atom stereocenters. The number of halogens is 1. The minimum Gasteiger partial charge on any atom is -0.317 e. The molecule has 1 saturated heterocycles. The van der Waals surface area contributed by atoms with Gasteiger partial charge in [0.2, 0.25) is 0 Å². The van der Waals surface area contributed by atoms with Crippen LogP contribution in [0.15, 0.2) is 18.2 Å². The molecule has 0 amide bonds. The molecule has 2 unspecified atom stereocenters. The summed E-state index contributed by atoms with van der Waals surface area (Å²) in [7, 11) is 2.06. The summed E-state index contributed by atoms with van der Waals surface area (Å²) in [5.74, 6) is 0.584. The van der Waals surface area contributed by atoms with Crippen molar-refractivity contribution in [3.05, 3.63) is 35.1 Å². The van der Waals surface area contributed by atoms with E-state index in [4.69, 9.17) is 0 Å². The average molecular weight is 264 g/mol. The fraction of sp³-hybridized carbons (Fsp3) is 0.625. The van der Waals surface area contributed by atoms with Crippen molar-refractivity contribution in [1.29, 1.82) is 0 Å². The number of nitrogens with one attached hydrogen (secondary N) is 1. The van der Waals surface area contributed by atoms with Crippen LogP contribution < -0.4 is 5.32 Å². The van der Waals surface area contributed by atoms with E-state index in [1.54, 1.807) is 12.1 Å². The summed E-state index contributed by atoms with van der Waals surface area (Å²) in [6, 6.07) is 5.78. The highest BCUT2D eigenvalue weighted by atomic mass is 19.1. The van der Waals surface area contributed by atoms with Crippen molar-refractivity contribution in [2.75, 3.05) is 20.1 Å². The predicted molar refractivity (Wildman–Crippen MR) is 77.7 cm³/mol. The van der Waals surface area contributed by atoms with Crippen LogP contribution in [0.5, 0.6) is 0 Å². The molecule has 0 spiro atoms. The molecule has 1 heterocycles. The van der Waals surface area contributed by atoms with E-state index < -0.39 is 0 Å². The number of piperidine rings is 1. The van der Waals surface area contributed by atoms with Crippen LogP contribution >= 0.6 is 0 Å². The zero-order chi connectivity index (χ0) is 13.8. The van der Waals surface area contributed by atoms with Crippen LogP contribution in [0.2, 0.25) is 0 Å². The van der Waals surface area contributed by atoms with Crippen molar-refractivity contribution in [2.24, 2.45) is 5.92 Å². The minimum atomic E-state index is -0.137. The van der Waals surface area contributed by atoms with Gasteiger partial charge in [-0.05, 0) is 56.1 Å². The third-order valence-corrected chi connectivity index (χ3v) is 4.41. The Kier molecular flexibility index (Phi) is 4.94. The monoisotopic (exact) mass is 264 g/mol. The van der Waals surface area contributed by atoms with Crippen molar-refractivity contribution in [1.82, 2.24) is 10.2 Å².